The van der Waals surface area contributed by atoms with Gasteiger partial charge in [0, 0.05) is 21.4 Å². The van der Waals surface area contributed by atoms with E-state index >= 15 is 0 Å². The molecular weight excluding hydrogens is 344 g/mol. The Labute approximate surface area is 137 Å². The molecule has 0 saturated heterocycles. The van der Waals surface area contributed by atoms with E-state index in [2.05, 4.69) is 45.5 Å². The number of hydrogen-bond acceptors (Lipinski definition) is 2. The molecule has 3 aromatic rings. The first kappa shape index (κ1) is 14.0. The van der Waals surface area contributed by atoms with Crippen LogP contribution < -0.4 is 11.1 Å². The minimum atomic E-state index is 0.366. The molecule has 4 heteroatoms. The Hall–Kier alpha value is -1.91. The topological polar surface area (TPSA) is 38.0 Å². The smallest absolute Gasteiger partial charge is 0.107 e. The van der Waals surface area contributed by atoms with E-state index in [-0.39, 0.29) is 0 Å². The number of hydrogen-bond donors (Lipinski definition) is 2. The van der Waals surface area contributed by atoms with Crippen molar-refractivity contribution >= 4 is 55.3 Å². The molecule has 3 aromatic carbocycles. The zero-order valence-electron chi connectivity index (χ0n) is 11.1. The van der Waals surface area contributed by atoms with Crippen LogP contribution in [0.1, 0.15) is 5.56 Å². The van der Waals surface area contributed by atoms with Crippen LogP contribution in [-0.2, 0) is 0 Å². The van der Waals surface area contributed by atoms with Crippen molar-refractivity contribution in [2.24, 2.45) is 5.73 Å². The van der Waals surface area contributed by atoms with Crippen LogP contribution in [0.3, 0.4) is 0 Å². The predicted octanol–water partition coefficient (Wildman–Crippen LogP) is 4.98. The molecule has 0 aliphatic heterocycles. The summed E-state index contributed by atoms with van der Waals surface area (Å²) in [6, 6.07) is 20.4. The maximum absolute atomic E-state index is 5.82. The van der Waals surface area contributed by atoms with Gasteiger partial charge in [-0.15, -0.1) is 0 Å². The molecular formula is C17H13BrN2S. The molecule has 0 unspecified atom stereocenters. The van der Waals surface area contributed by atoms with E-state index in [0.29, 0.717) is 4.99 Å². The number of nitrogens with one attached hydrogen (secondary N) is 1. The maximum atomic E-state index is 5.82. The molecule has 3 rings (SSSR count). The fourth-order valence-corrected chi connectivity index (χ4v) is 3.23. The Morgan fingerprint density at radius 1 is 0.952 bits per heavy atom. The SMILES string of the molecule is NC(=S)c1c(Br)cccc1Nc1ccc2ccccc2c1. The highest BCUT2D eigenvalue weighted by atomic mass is 79.9. The van der Waals surface area contributed by atoms with E-state index in [0.717, 1.165) is 21.4 Å². The van der Waals surface area contributed by atoms with Crippen LogP contribution in [0.4, 0.5) is 11.4 Å². The van der Waals surface area contributed by atoms with Crippen LogP contribution in [0, 0.1) is 0 Å². The molecule has 0 radical (unpaired) electrons. The van der Waals surface area contributed by atoms with Crippen molar-refractivity contribution in [1.82, 2.24) is 0 Å². The summed E-state index contributed by atoms with van der Waals surface area (Å²) in [4.78, 5) is 0.366. The lowest BCUT2D eigenvalue weighted by molar-refractivity contribution is 1.51. The highest BCUT2D eigenvalue weighted by Gasteiger charge is 2.09. The molecule has 0 aliphatic rings. The summed E-state index contributed by atoms with van der Waals surface area (Å²) in [5.74, 6) is 0. The molecule has 0 amide bonds. The van der Waals surface area contributed by atoms with Crippen LogP contribution >= 0.6 is 28.1 Å². The lowest BCUT2D eigenvalue weighted by atomic mass is 10.1. The number of benzene rings is 3. The van der Waals surface area contributed by atoms with Gasteiger partial charge in [-0.25, -0.2) is 0 Å². The predicted molar refractivity (Wildman–Crippen MR) is 97.3 cm³/mol. The Bertz CT molecular complexity index is 830. The van der Waals surface area contributed by atoms with Gasteiger partial charge in [-0.2, -0.15) is 0 Å². The molecule has 0 atom stereocenters. The van der Waals surface area contributed by atoms with Gasteiger partial charge >= 0.3 is 0 Å². The second kappa shape index (κ2) is 5.84. The van der Waals surface area contributed by atoms with Crippen molar-refractivity contribution in [2.75, 3.05) is 5.32 Å². The molecule has 0 saturated carbocycles. The lowest BCUT2D eigenvalue weighted by Gasteiger charge is -2.13. The average Bonchev–Trinajstić information content (AvgIpc) is 2.47. The summed E-state index contributed by atoms with van der Waals surface area (Å²) < 4.78 is 0.890. The zero-order chi connectivity index (χ0) is 14.8. The number of rotatable bonds is 3. The highest BCUT2D eigenvalue weighted by Crippen LogP contribution is 2.28. The molecule has 0 bridgehead atoms. The quantitative estimate of drug-likeness (QED) is 0.650. The van der Waals surface area contributed by atoms with E-state index in [4.69, 9.17) is 18.0 Å². The molecule has 0 aliphatic carbocycles. The minimum Gasteiger partial charge on any atom is -0.389 e. The average molecular weight is 357 g/mol. The minimum absolute atomic E-state index is 0.366. The third-order valence-electron chi connectivity index (χ3n) is 3.29. The van der Waals surface area contributed by atoms with Crippen molar-refractivity contribution in [1.29, 1.82) is 0 Å². The Kier molecular flexibility index (Phi) is 3.90. The van der Waals surface area contributed by atoms with Gasteiger partial charge in [0.2, 0.25) is 0 Å². The van der Waals surface area contributed by atoms with Gasteiger partial charge in [0.05, 0.1) is 0 Å². The van der Waals surface area contributed by atoms with Crippen LogP contribution in [0.5, 0.6) is 0 Å². The summed E-state index contributed by atoms with van der Waals surface area (Å²) in [5.41, 5.74) is 8.54. The molecule has 0 fully saturated rings. The largest absolute Gasteiger partial charge is 0.389 e. The molecule has 0 spiro atoms. The van der Waals surface area contributed by atoms with Crippen molar-refractivity contribution in [3.05, 3.63) is 70.7 Å². The van der Waals surface area contributed by atoms with Crippen LogP contribution in [0.2, 0.25) is 0 Å². The first-order valence-electron chi connectivity index (χ1n) is 6.49. The highest BCUT2D eigenvalue weighted by molar-refractivity contribution is 9.10. The van der Waals surface area contributed by atoms with Gasteiger partial charge in [-0.05, 0) is 51.0 Å². The molecule has 21 heavy (non-hydrogen) atoms. The van der Waals surface area contributed by atoms with Gasteiger partial charge in [-0.1, -0.05) is 48.6 Å². The Morgan fingerprint density at radius 2 is 1.71 bits per heavy atom. The van der Waals surface area contributed by atoms with Crippen molar-refractivity contribution in [2.45, 2.75) is 0 Å². The van der Waals surface area contributed by atoms with Gasteiger partial charge in [0.25, 0.3) is 0 Å². The van der Waals surface area contributed by atoms with Crippen molar-refractivity contribution < 1.29 is 0 Å². The first-order chi connectivity index (χ1) is 10.1. The summed E-state index contributed by atoms with van der Waals surface area (Å²) in [7, 11) is 0. The number of thiocarbonyl (C=S) groups is 1. The Morgan fingerprint density at radius 3 is 2.48 bits per heavy atom. The van der Waals surface area contributed by atoms with Crippen molar-refractivity contribution in [3.63, 3.8) is 0 Å². The first-order valence-corrected chi connectivity index (χ1v) is 7.69. The van der Waals surface area contributed by atoms with Crippen LogP contribution in [0.25, 0.3) is 10.8 Å². The maximum Gasteiger partial charge on any atom is 0.107 e. The second-order valence-corrected chi connectivity index (χ2v) is 6.01. The van der Waals surface area contributed by atoms with Gasteiger partial charge in [-0.3, -0.25) is 0 Å². The monoisotopic (exact) mass is 356 g/mol. The summed E-state index contributed by atoms with van der Waals surface area (Å²) >= 11 is 8.63. The fourth-order valence-electron chi connectivity index (χ4n) is 2.30. The third-order valence-corrected chi connectivity index (χ3v) is 4.15. The van der Waals surface area contributed by atoms with Crippen LogP contribution in [0.15, 0.2) is 65.1 Å². The molecule has 0 aromatic heterocycles. The molecule has 2 nitrogen and oxygen atoms in total. The number of nitrogens with two attached hydrogens (primary N) is 1. The standard InChI is InChI=1S/C17H13BrN2S/c18-14-6-3-7-15(16(14)17(19)21)20-13-9-8-11-4-1-2-5-12(11)10-13/h1-10,20H,(H2,19,21). The molecule has 104 valence electrons. The third kappa shape index (κ3) is 2.91. The van der Waals surface area contributed by atoms with Crippen LogP contribution in [-0.4, -0.2) is 4.99 Å². The zero-order valence-corrected chi connectivity index (χ0v) is 13.5. The number of anilines is 2. The fraction of sp³-hybridized carbons (Fsp3) is 0. The summed E-state index contributed by atoms with van der Waals surface area (Å²) in [6.07, 6.45) is 0. The normalized spacial score (nSPS) is 10.5. The Balaban J connectivity index is 2.02. The molecule has 0 heterocycles. The molecule has 3 N–H and O–H groups in total. The summed E-state index contributed by atoms with van der Waals surface area (Å²) in [5, 5.41) is 5.79. The van der Waals surface area contributed by atoms with E-state index in [1.54, 1.807) is 0 Å². The number of halogens is 1. The second-order valence-electron chi connectivity index (χ2n) is 4.71. The summed E-state index contributed by atoms with van der Waals surface area (Å²) in [6.45, 7) is 0. The van der Waals surface area contributed by atoms with E-state index < -0.39 is 0 Å². The van der Waals surface area contributed by atoms with Gasteiger partial charge < -0.3 is 11.1 Å². The van der Waals surface area contributed by atoms with E-state index in [9.17, 15) is 0 Å². The van der Waals surface area contributed by atoms with E-state index in [1.165, 1.54) is 10.8 Å². The van der Waals surface area contributed by atoms with Gasteiger partial charge in [0.15, 0.2) is 0 Å². The number of fused-ring (bicyclic) bond motifs is 1. The van der Waals surface area contributed by atoms with E-state index in [1.807, 2.05) is 36.4 Å². The van der Waals surface area contributed by atoms with Gasteiger partial charge in [0.1, 0.15) is 4.99 Å². The lowest BCUT2D eigenvalue weighted by Crippen LogP contribution is -2.12. The van der Waals surface area contributed by atoms with Crippen molar-refractivity contribution in [3.8, 4) is 0 Å².